The van der Waals surface area contributed by atoms with Crippen LogP contribution in [0.15, 0.2) is 60.8 Å². The van der Waals surface area contributed by atoms with Crippen LogP contribution in [-0.2, 0) is 4.79 Å². The molecule has 0 rings (SSSR count). The zero-order chi connectivity index (χ0) is 49.3. The average molecular weight is 953 g/mol. The molecule has 0 aliphatic carbocycles. The second-order valence-electron chi connectivity index (χ2n) is 20.5. The number of allylic oxidation sites excluding steroid dienone is 9. The molecule has 0 radical (unpaired) electrons. The third-order valence-electron chi connectivity index (χ3n) is 13.8. The molecule has 5 nitrogen and oxygen atoms in total. The van der Waals surface area contributed by atoms with Crippen molar-refractivity contribution in [2.45, 2.75) is 327 Å². The van der Waals surface area contributed by atoms with E-state index in [0.29, 0.717) is 6.42 Å². The fourth-order valence-corrected chi connectivity index (χ4v) is 9.13. The van der Waals surface area contributed by atoms with Crippen molar-refractivity contribution in [1.82, 2.24) is 5.32 Å². The second-order valence-corrected chi connectivity index (χ2v) is 20.5. The van der Waals surface area contributed by atoms with Crippen LogP contribution in [0.2, 0.25) is 0 Å². The highest BCUT2D eigenvalue weighted by molar-refractivity contribution is 5.80. The largest absolute Gasteiger partial charge is 0.394 e. The number of aliphatic hydroxyl groups is 3. The number of hydrogen-bond donors (Lipinski definition) is 4. The Kier molecular flexibility index (Phi) is 56.0. The molecule has 0 aliphatic rings. The van der Waals surface area contributed by atoms with Crippen molar-refractivity contribution >= 4 is 5.91 Å². The number of rotatable bonds is 55. The Hall–Kier alpha value is -1.95. The molecule has 1 amide bonds. The van der Waals surface area contributed by atoms with Gasteiger partial charge in [0.05, 0.1) is 18.8 Å². The van der Waals surface area contributed by atoms with Gasteiger partial charge in [-0.25, -0.2) is 0 Å². The molecule has 4 N–H and O–H groups in total. The van der Waals surface area contributed by atoms with Gasteiger partial charge in [-0.3, -0.25) is 4.79 Å². The minimum Gasteiger partial charge on any atom is -0.394 e. The number of carbonyl (C=O) groups excluding carboxylic acids is 1. The molecule has 0 bridgehead atoms. The van der Waals surface area contributed by atoms with E-state index in [9.17, 15) is 20.1 Å². The summed E-state index contributed by atoms with van der Waals surface area (Å²) in [7, 11) is 0. The number of amides is 1. The van der Waals surface area contributed by atoms with Gasteiger partial charge in [0.15, 0.2) is 0 Å². The highest BCUT2D eigenvalue weighted by Gasteiger charge is 2.22. The third-order valence-corrected chi connectivity index (χ3v) is 13.8. The predicted octanol–water partition coefficient (Wildman–Crippen LogP) is 19.0. The molecule has 68 heavy (non-hydrogen) atoms. The Bertz CT molecular complexity index is 1140. The molecule has 0 aliphatic heterocycles. The minimum atomic E-state index is -1.11. The first-order valence-corrected chi connectivity index (χ1v) is 30.1. The van der Waals surface area contributed by atoms with E-state index in [1.54, 1.807) is 6.08 Å². The smallest absolute Gasteiger partial charge is 0.249 e. The van der Waals surface area contributed by atoms with Crippen LogP contribution in [0.5, 0.6) is 0 Å². The van der Waals surface area contributed by atoms with Crippen LogP contribution < -0.4 is 5.32 Å². The summed E-state index contributed by atoms with van der Waals surface area (Å²) < 4.78 is 0. The van der Waals surface area contributed by atoms with Crippen molar-refractivity contribution in [2.75, 3.05) is 6.61 Å². The van der Waals surface area contributed by atoms with Crippen molar-refractivity contribution in [3.05, 3.63) is 60.8 Å². The van der Waals surface area contributed by atoms with E-state index in [0.717, 1.165) is 51.4 Å². The summed E-state index contributed by atoms with van der Waals surface area (Å²) in [5, 5.41) is 33.4. The minimum absolute atomic E-state index is 0.382. The molecule has 0 spiro atoms. The molecular formula is C63H117NO4. The lowest BCUT2D eigenvalue weighted by atomic mass is 10.0. The maximum absolute atomic E-state index is 12.6. The Morgan fingerprint density at radius 3 is 0.985 bits per heavy atom. The molecule has 0 aromatic carbocycles. The van der Waals surface area contributed by atoms with Crippen LogP contribution in [0, 0.1) is 0 Å². The molecule has 398 valence electrons. The van der Waals surface area contributed by atoms with Crippen molar-refractivity contribution in [2.24, 2.45) is 0 Å². The molecule has 3 unspecified atom stereocenters. The Morgan fingerprint density at radius 1 is 0.368 bits per heavy atom. The van der Waals surface area contributed by atoms with Crippen LogP contribution in [0.1, 0.15) is 309 Å². The first-order valence-electron chi connectivity index (χ1n) is 30.1. The second kappa shape index (κ2) is 57.6. The molecule has 5 heteroatoms. The molecule has 0 saturated carbocycles. The lowest BCUT2D eigenvalue weighted by molar-refractivity contribution is -0.131. The average Bonchev–Trinajstić information content (AvgIpc) is 3.34. The van der Waals surface area contributed by atoms with Gasteiger partial charge >= 0.3 is 0 Å². The maximum Gasteiger partial charge on any atom is 0.249 e. The zero-order valence-corrected chi connectivity index (χ0v) is 45.5. The highest BCUT2D eigenvalue weighted by Crippen LogP contribution is 2.17. The van der Waals surface area contributed by atoms with Crippen molar-refractivity contribution in [3.63, 3.8) is 0 Å². The fraction of sp³-hybridized carbons (Fsp3) is 0.825. The molecule has 3 atom stereocenters. The van der Waals surface area contributed by atoms with Gasteiger partial charge in [-0.05, 0) is 77.0 Å². The predicted molar refractivity (Wildman–Crippen MR) is 300 cm³/mol. The van der Waals surface area contributed by atoms with Gasteiger partial charge in [0.2, 0.25) is 5.91 Å². The van der Waals surface area contributed by atoms with Crippen LogP contribution in [0.25, 0.3) is 0 Å². The highest BCUT2D eigenvalue weighted by atomic mass is 16.3. The number of hydrogen-bond acceptors (Lipinski definition) is 4. The van der Waals surface area contributed by atoms with Crippen LogP contribution >= 0.6 is 0 Å². The van der Waals surface area contributed by atoms with E-state index < -0.39 is 24.2 Å². The summed E-state index contributed by atoms with van der Waals surface area (Å²) >= 11 is 0. The molecule has 0 fully saturated rings. The van der Waals surface area contributed by atoms with E-state index >= 15 is 0 Å². The van der Waals surface area contributed by atoms with Crippen LogP contribution in [-0.4, -0.2) is 46.1 Å². The van der Waals surface area contributed by atoms with E-state index in [1.165, 1.54) is 238 Å². The van der Waals surface area contributed by atoms with E-state index in [1.807, 2.05) is 6.08 Å². The summed E-state index contributed by atoms with van der Waals surface area (Å²) in [4.78, 5) is 12.6. The third kappa shape index (κ3) is 51.9. The van der Waals surface area contributed by atoms with Gasteiger partial charge in [-0.15, -0.1) is 0 Å². The Balaban J connectivity index is 3.58. The van der Waals surface area contributed by atoms with Gasteiger partial charge in [0.1, 0.15) is 6.10 Å². The van der Waals surface area contributed by atoms with Crippen molar-refractivity contribution < 1.29 is 20.1 Å². The number of carbonyl (C=O) groups is 1. The molecular weight excluding hydrogens is 835 g/mol. The first kappa shape index (κ1) is 66.0. The topological polar surface area (TPSA) is 89.8 Å². The summed E-state index contributed by atoms with van der Waals surface area (Å²) in [5.74, 6) is -0.515. The number of nitrogens with one attached hydrogen (secondary N) is 1. The summed E-state index contributed by atoms with van der Waals surface area (Å²) in [6.45, 7) is 4.19. The lowest BCUT2D eigenvalue weighted by Gasteiger charge is -2.21. The maximum atomic E-state index is 12.6. The Labute approximate surface area is 424 Å². The van der Waals surface area contributed by atoms with Crippen LogP contribution in [0.3, 0.4) is 0 Å². The standard InChI is InChI=1S/C63H117NO4/c1-3-5-7-9-11-13-15-17-19-21-23-25-26-27-28-29-30-31-32-33-34-35-36-37-38-40-42-44-46-48-50-52-54-56-58-62(67)63(68)64-60(59-65)61(66)57-55-53-51-49-47-45-43-41-39-24-22-20-18-16-14-12-10-8-6-4-2/h26-27,29-30,39,41,47,49,55,57,60-62,65-67H,3-25,28,31-38,40,42-46,48,50-54,56,58-59H2,1-2H3,(H,64,68)/b27-26-,30-29-,41-39+,49-47+,57-55+. The van der Waals surface area contributed by atoms with E-state index in [4.69, 9.17) is 0 Å². The molecule has 0 saturated heterocycles. The quantitative estimate of drug-likeness (QED) is 0.0361. The monoisotopic (exact) mass is 952 g/mol. The summed E-state index contributed by atoms with van der Waals surface area (Å²) in [6.07, 6.45) is 78.9. The van der Waals surface area contributed by atoms with Gasteiger partial charge in [0.25, 0.3) is 0 Å². The molecule has 0 aromatic heterocycles. The van der Waals surface area contributed by atoms with E-state index in [2.05, 4.69) is 67.8 Å². The fourth-order valence-electron chi connectivity index (χ4n) is 9.13. The van der Waals surface area contributed by atoms with Gasteiger partial charge in [0, 0.05) is 0 Å². The van der Waals surface area contributed by atoms with E-state index in [-0.39, 0.29) is 6.61 Å². The normalized spacial score (nSPS) is 13.7. The first-order chi connectivity index (χ1) is 33.6. The Morgan fingerprint density at radius 2 is 0.647 bits per heavy atom. The van der Waals surface area contributed by atoms with Crippen molar-refractivity contribution in [3.8, 4) is 0 Å². The van der Waals surface area contributed by atoms with Gasteiger partial charge in [-0.1, -0.05) is 293 Å². The summed E-state index contributed by atoms with van der Waals surface area (Å²) in [6, 6.07) is -0.824. The summed E-state index contributed by atoms with van der Waals surface area (Å²) in [5.41, 5.74) is 0. The van der Waals surface area contributed by atoms with Gasteiger partial charge < -0.3 is 20.6 Å². The van der Waals surface area contributed by atoms with Crippen molar-refractivity contribution in [1.29, 1.82) is 0 Å². The number of unbranched alkanes of at least 4 members (excludes halogenated alkanes) is 39. The SMILES string of the molecule is CCCCCCCCCCCC/C=C/CC/C=C/CC/C=C/C(O)C(CO)NC(=O)C(O)CCCCCCCCCCCCCCCCCC/C=C\C/C=C\CCCCCCCCCCCCC. The lowest BCUT2D eigenvalue weighted by Crippen LogP contribution is -2.48. The zero-order valence-electron chi connectivity index (χ0n) is 45.5. The molecule has 0 aromatic rings. The van der Waals surface area contributed by atoms with Gasteiger partial charge in [-0.2, -0.15) is 0 Å². The number of aliphatic hydroxyl groups excluding tert-OH is 3. The van der Waals surface area contributed by atoms with Crippen LogP contribution in [0.4, 0.5) is 0 Å². The molecule has 0 heterocycles.